The fourth-order valence-corrected chi connectivity index (χ4v) is 2.36. The van der Waals surface area contributed by atoms with E-state index in [2.05, 4.69) is 12.2 Å². The van der Waals surface area contributed by atoms with Gasteiger partial charge in [0.05, 0.1) is 0 Å². The summed E-state index contributed by atoms with van der Waals surface area (Å²) in [6.07, 6.45) is 4.87. The molecule has 22 heavy (non-hydrogen) atoms. The number of amides is 2. The van der Waals surface area contributed by atoms with Crippen molar-refractivity contribution in [3.8, 4) is 0 Å². The largest absolute Gasteiger partial charge is 0.339 e. The Kier molecular flexibility index (Phi) is 8.26. The van der Waals surface area contributed by atoms with E-state index in [1.54, 1.807) is 17.0 Å². The molecule has 0 spiro atoms. The molecule has 1 aromatic carbocycles. The van der Waals surface area contributed by atoms with Gasteiger partial charge in [-0.15, -0.1) is 0 Å². The van der Waals surface area contributed by atoms with Gasteiger partial charge in [0.15, 0.2) is 0 Å². The van der Waals surface area contributed by atoms with Crippen molar-refractivity contribution in [2.24, 2.45) is 0 Å². The number of carbonyl (C=O) groups is 2. The van der Waals surface area contributed by atoms with E-state index in [0.29, 0.717) is 30.8 Å². The van der Waals surface area contributed by atoms with Gasteiger partial charge in [-0.1, -0.05) is 32.3 Å². The van der Waals surface area contributed by atoms with Crippen LogP contribution in [0.5, 0.6) is 0 Å². The highest BCUT2D eigenvalue weighted by atomic mass is 16.2. The molecule has 1 aromatic rings. The number of carbonyl (C=O) groups excluding carboxylic acids is 2. The van der Waals surface area contributed by atoms with Gasteiger partial charge in [0.1, 0.15) is 0 Å². The molecular weight excluding hydrogens is 276 g/mol. The first kappa shape index (κ1) is 18.2. The fourth-order valence-electron chi connectivity index (χ4n) is 2.36. The second-order valence-electron chi connectivity index (χ2n) is 5.42. The molecule has 0 aliphatic carbocycles. The van der Waals surface area contributed by atoms with Crippen LogP contribution in [0.15, 0.2) is 24.3 Å². The minimum atomic E-state index is 0.00375. The Bertz CT molecular complexity index is 482. The van der Waals surface area contributed by atoms with Crippen molar-refractivity contribution in [1.29, 1.82) is 0 Å². The van der Waals surface area contributed by atoms with Gasteiger partial charge in [-0.25, -0.2) is 0 Å². The lowest BCUT2D eigenvalue weighted by atomic mass is 10.1. The molecule has 0 aliphatic rings. The van der Waals surface area contributed by atoms with Crippen LogP contribution in [-0.2, 0) is 4.79 Å². The molecule has 0 fully saturated rings. The van der Waals surface area contributed by atoms with Crippen LogP contribution in [0.25, 0.3) is 0 Å². The van der Waals surface area contributed by atoms with Gasteiger partial charge < -0.3 is 10.2 Å². The summed E-state index contributed by atoms with van der Waals surface area (Å²) >= 11 is 0. The SMILES string of the molecule is CCCCCCC(=O)Nc1cccc(C(=O)N(CC)CC)c1. The van der Waals surface area contributed by atoms with E-state index in [1.807, 2.05) is 26.0 Å². The summed E-state index contributed by atoms with van der Waals surface area (Å²) in [6, 6.07) is 7.18. The summed E-state index contributed by atoms with van der Waals surface area (Å²) in [6.45, 7) is 7.44. The molecule has 1 N–H and O–H groups in total. The summed E-state index contributed by atoms with van der Waals surface area (Å²) in [5, 5.41) is 2.88. The van der Waals surface area contributed by atoms with Gasteiger partial charge in [-0.05, 0) is 38.5 Å². The molecule has 4 heteroatoms. The zero-order valence-corrected chi connectivity index (χ0v) is 14.0. The zero-order valence-electron chi connectivity index (χ0n) is 14.0. The normalized spacial score (nSPS) is 10.3. The molecule has 122 valence electrons. The van der Waals surface area contributed by atoms with Gasteiger partial charge in [0, 0.05) is 30.8 Å². The Balaban J connectivity index is 2.60. The second-order valence-corrected chi connectivity index (χ2v) is 5.42. The first-order valence-electron chi connectivity index (χ1n) is 8.31. The van der Waals surface area contributed by atoms with Crippen LogP contribution in [0.1, 0.15) is 63.2 Å². The quantitative estimate of drug-likeness (QED) is 0.699. The van der Waals surface area contributed by atoms with Crippen molar-refractivity contribution in [3.63, 3.8) is 0 Å². The minimum Gasteiger partial charge on any atom is -0.339 e. The summed E-state index contributed by atoms with van der Waals surface area (Å²) in [7, 11) is 0. The Labute approximate surface area is 133 Å². The Hall–Kier alpha value is -1.84. The number of rotatable bonds is 9. The van der Waals surface area contributed by atoms with E-state index in [-0.39, 0.29) is 11.8 Å². The molecule has 0 unspecified atom stereocenters. The predicted molar refractivity (Wildman–Crippen MR) is 91.1 cm³/mol. The van der Waals surface area contributed by atoms with Crippen LogP contribution in [0, 0.1) is 0 Å². The maximum absolute atomic E-state index is 12.3. The van der Waals surface area contributed by atoms with Crippen molar-refractivity contribution in [2.45, 2.75) is 52.9 Å². The van der Waals surface area contributed by atoms with Crippen LogP contribution in [-0.4, -0.2) is 29.8 Å². The van der Waals surface area contributed by atoms with Crippen LogP contribution >= 0.6 is 0 Å². The van der Waals surface area contributed by atoms with Crippen molar-refractivity contribution in [3.05, 3.63) is 29.8 Å². The van der Waals surface area contributed by atoms with Gasteiger partial charge in [-0.3, -0.25) is 9.59 Å². The Morgan fingerprint density at radius 3 is 2.41 bits per heavy atom. The number of anilines is 1. The molecule has 0 saturated heterocycles. The summed E-state index contributed by atoms with van der Waals surface area (Å²) in [5.74, 6) is 0.0209. The number of hydrogen-bond acceptors (Lipinski definition) is 2. The Morgan fingerprint density at radius 1 is 1.05 bits per heavy atom. The van der Waals surface area contributed by atoms with Crippen molar-refractivity contribution in [2.75, 3.05) is 18.4 Å². The standard InChI is InChI=1S/C18H28N2O2/c1-4-7-8-9-13-17(21)19-16-12-10-11-15(14-16)18(22)20(5-2)6-3/h10-12,14H,4-9,13H2,1-3H3,(H,19,21). The van der Waals surface area contributed by atoms with Gasteiger partial charge in [0.2, 0.25) is 5.91 Å². The van der Waals surface area contributed by atoms with E-state index in [9.17, 15) is 9.59 Å². The number of hydrogen-bond donors (Lipinski definition) is 1. The highest BCUT2D eigenvalue weighted by molar-refractivity contribution is 5.97. The number of unbranched alkanes of at least 4 members (excludes halogenated alkanes) is 3. The third kappa shape index (κ3) is 5.88. The fraction of sp³-hybridized carbons (Fsp3) is 0.556. The molecule has 2 amide bonds. The lowest BCUT2D eigenvalue weighted by molar-refractivity contribution is -0.116. The molecule has 0 saturated carbocycles. The molecule has 0 radical (unpaired) electrons. The summed E-state index contributed by atoms with van der Waals surface area (Å²) < 4.78 is 0. The molecular formula is C18H28N2O2. The first-order valence-corrected chi connectivity index (χ1v) is 8.31. The molecule has 0 heterocycles. The van der Waals surface area contributed by atoms with Crippen LogP contribution in [0.4, 0.5) is 5.69 Å². The van der Waals surface area contributed by atoms with Gasteiger partial charge in [0.25, 0.3) is 5.91 Å². The maximum atomic E-state index is 12.3. The number of benzene rings is 1. The van der Waals surface area contributed by atoms with Crippen molar-refractivity contribution < 1.29 is 9.59 Å². The van der Waals surface area contributed by atoms with E-state index in [4.69, 9.17) is 0 Å². The lowest BCUT2D eigenvalue weighted by Crippen LogP contribution is -2.30. The molecule has 0 aliphatic heterocycles. The van der Waals surface area contributed by atoms with E-state index in [0.717, 1.165) is 19.3 Å². The molecule has 0 aromatic heterocycles. The van der Waals surface area contributed by atoms with Crippen molar-refractivity contribution >= 4 is 17.5 Å². The molecule has 1 rings (SSSR count). The predicted octanol–water partition coefficient (Wildman–Crippen LogP) is 4.08. The van der Waals surface area contributed by atoms with E-state index in [1.165, 1.54) is 6.42 Å². The lowest BCUT2D eigenvalue weighted by Gasteiger charge is -2.19. The summed E-state index contributed by atoms with van der Waals surface area (Å²) in [5.41, 5.74) is 1.31. The Morgan fingerprint density at radius 2 is 1.77 bits per heavy atom. The van der Waals surface area contributed by atoms with Gasteiger partial charge >= 0.3 is 0 Å². The zero-order chi connectivity index (χ0) is 16.4. The molecule has 0 atom stereocenters. The van der Waals surface area contributed by atoms with Crippen LogP contribution in [0.3, 0.4) is 0 Å². The summed E-state index contributed by atoms with van der Waals surface area (Å²) in [4.78, 5) is 26.0. The highest BCUT2D eigenvalue weighted by Crippen LogP contribution is 2.14. The van der Waals surface area contributed by atoms with Crippen LogP contribution < -0.4 is 5.32 Å². The monoisotopic (exact) mass is 304 g/mol. The maximum Gasteiger partial charge on any atom is 0.253 e. The van der Waals surface area contributed by atoms with E-state index >= 15 is 0 Å². The average Bonchev–Trinajstić information content (AvgIpc) is 2.53. The second kappa shape index (κ2) is 9.98. The van der Waals surface area contributed by atoms with Gasteiger partial charge in [-0.2, -0.15) is 0 Å². The third-order valence-electron chi connectivity index (χ3n) is 3.70. The van der Waals surface area contributed by atoms with Crippen LogP contribution in [0.2, 0.25) is 0 Å². The number of nitrogens with zero attached hydrogens (tertiary/aromatic N) is 1. The topological polar surface area (TPSA) is 49.4 Å². The first-order chi connectivity index (χ1) is 10.6. The molecule has 0 bridgehead atoms. The average molecular weight is 304 g/mol. The molecule has 4 nitrogen and oxygen atoms in total. The van der Waals surface area contributed by atoms with Crippen molar-refractivity contribution in [1.82, 2.24) is 4.90 Å². The van der Waals surface area contributed by atoms with E-state index < -0.39 is 0 Å². The smallest absolute Gasteiger partial charge is 0.253 e. The third-order valence-corrected chi connectivity index (χ3v) is 3.70. The number of nitrogens with one attached hydrogen (secondary N) is 1. The highest BCUT2D eigenvalue weighted by Gasteiger charge is 2.13. The minimum absolute atomic E-state index is 0.00375.